The van der Waals surface area contributed by atoms with E-state index in [4.69, 9.17) is 5.10 Å². The molecule has 10 nitrogen and oxygen atoms in total. The molecule has 0 bridgehead atoms. The maximum absolute atomic E-state index is 13.3. The van der Waals surface area contributed by atoms with Crippen LogP contribution >= 0.6 is 0 Å². The van der Waals surface area contributed by atoms with Gasteiger partial charge in [0.1, 0.15) is 5.69 Å². The normalized spacial score (nSPS) is 16.1. The molecule has 0 spiro atoms. The second-order valence-electron chi connectivity index (χ2n) is 11.1. The van der Waals surface area contributed by atoms with E-state index in [0.717, 1.165) is 46.6 Å². The summed E-state index contributed by atoms with van der Waals surface area (Å²) in [6, 6.07) is 9.90. The van der Waals surface area contributed by atoms with Crippen molar-refractivity contribution in [3.8, 4) is 11.3 Å². The number of nitrogens with one attached hydrogen (secondary N) is 1. The average Bonchev–Trinajstić information content (AvgIpc) is 3.54. The molecule has 2 aliphatic rings. The Hall–Kier alpha value is -3.57. The minimum absolute atomic E-state index is 0.0848. The van der Waals surface area contributed by atoms with Crippen LogP contribution in [-0.2, 0) is 29.7 Å². The van der Waals surface area contributed by atoms with Crippen molar-refractivity contribution in [1.82, 2.24) is 33.8 Å². The highest BCUT2D eigenvalue weighted by Crippen LogP contribution is 2.41. The van der Waals surface area contributed by atoms with Crippen molar-refractivity contribution in [3.05, 3.63) is 70.9 Å². The van der Waals surface area contributed by atoms with Crippen LogP contribution in [0.1, 0.15) is 65.6 Å². The van der Waals surface area contributed by atoms with Gasteiger partial charge in [-0.05, 0) is 42.9 Å². The Labute approximate surface area is 228 Å². The lowest BCUT2D eigenvalue weighted by Gasteiger charge is -2.27. The van der Waals surface area contributed by atoms with Crippen LogP contribution in [0.2, 0.25) is 0 Å². The Morgan fingerprint density at radius 2 is 1.92 bits per heavy atom. The van der Waals surface area contributed by atoms with E-state index in [1.165, 1.54) is 0 Å². The second-order valence-corrected chi connectivity index (χ2v) is 13.1. The molecule has 11 heteroatoms. The molecule has 6 rings (SSSR count). The highest BCUT2D eigenvalue weighted by Gasteiger charge is 2.33. The lowest BCUT2D eigenvalue weighted by molar-refractivity contribution is 0.0944. The summed E-state index contributed by atoms with van der Waals surface area (Å²) >= 11 is 0. The standard InChI is InChI=1S/C28H33N7O3S/c1-18(2)17-39(37,38)33-10-11-35-23(16-33)12-24(32-35)21-6-4-20(5-7-21)14-29-27(36)26-25(22-8-9-22)31-28-30-13-19(3)15-34(26)28/h4-7,12-13,15,18,22H,8-11,14,16-17H2,1-3H3,(H,29,36). The molecule has 0 unspecified atom stereocenters. The zero-order chi connectivity index (χ0) is 27.3. The number of aromatic nitrogens is 5. The first kappa shape index (κ1) is 25.7. The zero-order valence-electron chi connectivity index (χ0n) is 22.5. The second kappa shape index (κ2) is 9.87. The van der Waals surface area contributed by atoms with E-state index in [9.17, 15) is 13.2 Å². The van der Waals surface area contributed by atoms with Gasteiger partial charge in [0.25, 0.3) is 5.91 Å². The SMILES string of the molecule is Cc1cnc2nc(C3CC3)c(C(=O)NCc3ccc(-c4cc5n(n4)CCN(S(=O)(=O)CC(C)C)C5)cc3)n2c1. The quantitative estimate of drug-likeness (QED) is 0.361. The van der Waals surface area contributed by atoms with E-state index in [-0.39, 0.29) is 17.6 Å². The molecule has 1 aromatic carbocycles. The van der Waals surface area contributed by atoms with Crippen LogP contribution in [-0.4, -0.2) is 55.1 Å². The number of hydrogen-bond donors (Lipinski definition) is 1. The maximum atomic E-state index is 13.3. The molecule has 39 heavy (non-hydrogen) atoms. The van der Waals surface area contributed by atoms with Gasteiger partial charge in [0.15, 0.2) is 0 Å². The average molecular weight is 548 g/mol. The van der Waals surface area contributed by atoms with E-state index >= 15 is 0 Å². The van der Waals surface area contributed by atoms with Crippen molar-refractivity contribution >= 4 is 21.7 Å². The van der Waals surface area contributed by atoms with Crippen molar-refractivity contribution in [2.45, 2.75) is 59.2 Å². The number of aryl methyl sites for hydroxylation is 1. The van der Waals surface area contributed by atoms with Crippen LogP contribution in [0, 0.1) is 12.8 Å². The summed E-state index contributed by atoms with van der Waals surface area (Å²) in [6.07, 6.45) is 5.78. The van der Waals surface area contributed by atoms with Gasteiger partial charge >= 0.3 is 0 Å². The van der Waals surface area contributed by atoms with Crippen LogP contribution < -0.4 is 5.32 Å². The molecule has 204 valence electrons. The Kier molecular flexibility index (Phi) is 6.50. The molecule has 1 amide bonds. The van der Waals surface area contributed by atoms with Crippen molar-refractivity contribution in [1.29, 1.82) is 0 Å². The van der Waals surface area contributed by atoms with Crippen LogP contribution in [0.15, 0.2) is 42.7 Å². The molecule has 1 fully saturated rings. The van der Waals surface area contributed by atoms with Gasteiger partial charge in [-0.15, -0.1) is 0 Å². The van der Waals surface area contributed by atoms with Crippen LogP contribution in [0.5, 0.6) is 0 Å². The largest absolute Gasteiger partial charge is 0.347 e. The third-order valence-electron chi connectivity index (χ3n) is 7.22. The van der Waals surface area contributed by atoms with E-state index in [0.29, 0.717) is 43.6 Å². The fraction of sp³-hybridized carbons (Fsp3) is 0.429. The molecule has 1 saturated carbocycles. The van der Waals surface area contributed by atoms with Gasteiger partial charge in [0.2, 0.25) is 15.8 Å². The Balaban J connectivity index is 1.14. The third-order valence-corrected chi connectivity index (χ3v) is 9.40. The Morgan fingerprint density at radius 3 is 2.64 bits per heavy atom. The summed E-state index contributed by atoms with van der Waals surface area (Å²) < 4.78 is 30.7. The summed E-state index contributed by atoms with van der Waals surface area (Å²) in [7, 11) is -3.29. The van der Waals surface area contributed by atoms with Gasteiger partial charge < -0.3 is 5.32 Å². The molecule has 1 aliphatic carbocycles. The number of amides is 1. The number of rotatable bonds is 8. The molecule has 1 aliphatic heterocycles. The number of benzene rings is 1. The predicted octanol–water partition coefficient (Wildman–Crippen LogP) is 3.51. The molecule has 4 aromatic rings. The smallest absolute Gasteiger partial charge is 0.270 e. The van der Waals surface area contributed by atoms with Crippen LogP contribution in [0.3, 0.4) is 0 Å². The van der Waals surface area contributed by atoms with Gasteiger partial charge in [-0.2, -0.15) is 9.40 Å². The summed E-state index contributed by atoms with van der Waals surface area (Å²) in [6.45, 7) is 7.49. The number of sulfonamides is 1. The number of fused-ring (bicyclic) bond motifs is 2. The van der Waals surface area contributed by atoms with Gasteiger partial charge in [-0.3, -0.25) is 13.9 Å². The minimum atomic E-state index is -3.29. The molecule has 4 heterocycles. The fourth-order valence-electron chi connectivity index (χ4n) is 5.12. The molecule has 0 saturated heterocycles. The minimum Gasteiger partial charge on any atom is -0.347 e. The topological polar surface area (TPSA) is 114 Å². The van der Waals surface area contributed by atoms with Gasteiger partial charge in [-0.25, -0.2) is 18.4 Å². The van der Waals surface area contributed by atoms with Crippen molar-refractivity contribution in [3.63, 3.8) is 0 Å². The summed E-state index contributed by atoms with van der Waals surface area (Å²) in [5.74, 6) is 0.971. The molecule has 1 N–H and O–H groups in total. The van der Waals surface area contributed by atoms with Crippen molar-refractivity contribution in [2.24, 2.45) is 5.92 Å². The van der Waals surface area contributed by atoms with E-state index < -0.39 is 10.0 Å². The Bertz CT molecular complexity index is 1650. The molecular formula is C28H33N7O3S. The lowest BCUT2D eigenvalue weighted by atomic mass is 10.1. The van der Waals surface area contributed by atoms with Gasteiger partial charge in [-0.1, -0.05) is 38.1 Å². The summed E-state index contributed by atoms with van der Waals surface area (Å²) in [4.78, 5) is 22.3. The van der Waals surface area contributed by atoms with Crippen LogP contribution in [0.25, 0.3) is 17.0 Å². The monoisotopic (exact) mass is 547 g/mol. The highest BCUT2D eigenvalue weighted by molar-refractivity contribution is 7.89. The van der Waals surface area contributed by atoms with Gasteiger partial charge in [0, 0.05) is 37.0 Å². The van der Waals surface area contributed by atoms with Crippen LogP contribution in [0.4, 0.5) is 0 Å². The molecule has 0 radical (unpaired) electrons. The lowest BCUT2D eigenvalue weighted by Crippen LogP contribution is -2.40. The van der Waals surface area contributed by atoms with Gasteiger partial charge in [0.05, 0.1) is 35.9 Å². The first-order valence-electron chi connectivity index (χ1n) is 13.4. The number of nitrogens with zero attached hydrogens (tertiary/aromatic N) is 6. The predicted molar refractivity (Wildman–Crippen MR) is 148 cm³/mol. The van der Waals surface area contributed by atoms with Crippen molar-refractivity contribution < 1.29 is 13.2 Å². The number of hydrogen-bond acceptors (Lipinski definition) is 6. The fourth-order valence-corrected chi connectivity index (χ4v) is 6.86. The summed E-state index contributed by atoms with van der Waals surface area (Å²) in [5, 5.41) is 7.77. The maximum Gasteiger partial charge on any atom is 0.270 e. The first-order valence-corrected chi connectivity index (χ1v) is 15.1. The molecule has 3 aromatic heterocycles. The number of imidazole rings is 1. The van der Waals surface area contributed by atoms with E-state index in [1.807, 2.05) is 62.0 Å². The van der Waals surface area contributed by atoms with E-state index in [2.05, 4.69) is 15.3 Å². The van der Waals surface area contributed by atoms with E-state index in [1.54, 1.807) is 14.9 Å². The Morgan fingerprint density at radius 1 is 1.15 bits per heavy atom. The first-order chi connectivity index (χ1) is 18.7. The van der Waals surface area contributed by atoms with Crippen molar-refractivity contribution in [2.75, 3.05) is 12.3 Å². The molecule has 0 atom stereocenters. The number of carbonyl (C=O) groups excluding carboxylic acids is 1. The highest BCUT2D eigenvalue weighted by atomic mass is 32.2. The summed E-state index contributed by atoms with van der Waals surface area (Å²) in [5.41, 5.74) is 6.00. The number of carbonyl (C=O) groups is 1. The molecular weight excluding hydrogens is 514 g/mol. The zero-order valence-corrected chi connectivity index (χ0v) is 23.3. The third kappa shape index (κ3) is 5.20.